The predicted molar refractivity (Wildman–Crippen MR) is 161 cm³/mol. The summed E-state index contributed by atoms with van der Waals surface area (Å²) in [5.74, 6) is 0.0619. The zero-order valence-electron chi connectivity index (χ0n) is 23.8. The highest BCUT2D eigenvalue weighted by Crippen LogP contribution is 2.37. The lowest BCUT2D eigenvalue weighted by molar-refractivity contribution is -0.123. The van der Waals surface area contributed by atoms with Crippen molar-refractivity contribution in [2.45, 2.75) is 70.4 Å². The van der Waals surface area contributed by atoms with Gasteiger partial charge in [-0.3, -0.25) is 4.79 Å². The Bertz CT molecular complexity index is 1410. The molecular weight excluding hydrogens is 567 g/mol. The van der Waals surface area contributed by atoms with Gasteiger partial charge in [-0.25, -0.2) is 21.8 Å². The zero-order valence-corrected chi connectivity index (χ0v) is 26.4. The van der Waals surface area contributed by atoms with Gasteiger partial charge in [0.15, 0.2) is 0 Å². The molecule has 0 radical (unpaired) electrons. The number of hydrogen-bond acceptors (Lipinski definition) is 6. The van der Waals surface area contributed by atoms with Crippen LogP contribution in [0.25, 0.3) is 0 Å². The number of nitrogens with one attached hydrogen (secondary N) is 1. The van der Waals surface area contributed by atoms with Gasteiger partial charge in [0.2, 0.25) is 10.0 Å². The van der Waals surface area contributed by atoms with E-state index in [-0.39, 0.29) is 31.7 Å². The lowest BCUT2D eigenvalue weighted by atomic mass is 9.81. The van der Waals surface area contributed by atoms with Crippen molar-refractivity contribution in [3.8, 4) is 5.75 Å². The van der Waals surface area contributed by atoms with E-state index >= 15 is 0 Å². The molecule has 1 aliphatic carbocycles. The Morgan fingerprint density at radius 1 is 1.02 bits per heavy atom. The topological polar surface area (TPSA) is 113 Å². The first-order valence-corrected chi connectivity index (χ1v) is 20.8. The van der Waals surface area contributed by atoms with Crippen molar-refractivity contribution < 1.29 is 26.4 Å². The molecule has 2 aromatic carbocycles. The minimum atomic E-state index is -4.04. The van der Waals surface area contributed by atoms with Crippen molar-refractivity contribution in [2.75, 3.05) is 23.7 Å². The maximum absolute atomic E-state index is 13.6. The fraction of sp³-hybridized carbons (Fsp3) is 0.536. The molecule has 0 aromatic heterocycles. The number of hydrogen-bond donors (Lipinski definition) is 1. The summed E-state index contributed by atoms with van der Waals surface area (Å²) in [4.78, 5) is 12.9. The number of amides is 1. The standard InChI is InChI=1S/C28H41N3O6S2Si/c1-38(33,34)29-25-13-9-8-12-24(25)18-23-14-15-26(27(19-23)37-21-22-10-6-5-7-11-22)31-20-28(32)30(39(31,35)36)16-17-40(2,3)4/h5-7,10-11,14-15,19,24-25,29H,8-9,12-13,16-18,20-21H2,1-4H3/t24-,25+/m0/s1. The molecule has 220 valence electrons. The molecule has 0 unspecified atom stereocenters. The Balaban J connectivity index is 1.63. The smallest absolute Gasteiger partial charge is 0.329 e. The van der Waals surface area contributed by atoms with Crippen LogP contribution in [0.1, 0.15) is 36.8 Å². The summed E-state index contributed by atoms with van der Waals surface area (Å²) in [7, 11) is -8.95. The van der Waals surface area contributed by atoms with Crippen LogP contribution in [-0.4, -0.2) is 60.5 Å². The molecule has 2 fully saturated rings. The van der Waals surface area contributed by atoms with E-state index in [0.29, 0.717) is 23.9 Å². The summed E-state index contributed by atoms with van der Waals surface area (Å²) in [5, 5.41) is 0. The number of anilines is 1. The number of ether oxygens (including phenoxy) is 1. The Labute approximate surface area is 240 Å². The summed E-state index contributed by atoms with van der Waals surface area (Å²) in [6, 6.07) is 15.6. The van der Waals surface area contributed by atoms with E-state index in [9.17, 15) is 21.6 Å². The largest absolute Gasteiger partial charge is 0.487 e. The second-order valence-corrected chi connectivity index (χ2v) is 21.3. The van der Waals surface area contributed by atoms with Gasteiger partial charge in [0.25, 0.3) is 5.91 Å². The van der Waals surface area contributed by atoms with Crippen LogP contribution in [0.4, 0.5) is 5.69 Å². The van der Waals surface area contributed by atoms with Crippen LogP contribution in [-0.2, 0) is 38.1 Å². The third kappa shape index (κ3) is 7.86. The number of rotatable bonds is 11. The quantitative estimate of drug-likeness (QED) is 0.384. The molecule has 2 aliphatic rings. The molecule has 2 aromatic rings. The third-order valence-corrected chi connectivity index (χ3v) is 11.8. The molecule has 1 saturated heterocycles. The summed E-state index contributed by atoms with van der Waals surface area (Å²) in [5.41, 5.74) is 2.19. The third-order valence-electron chi connectivity index (χ3n) is 7.48. The SMILES string of the molecule is C[Si](C)(C)CCN1C(=O)CN(c2ccc(C[C@@H]3CCCC[C@H]3NS(C)(=O)=O)cc2OCc2ccccc2)S1(=O)=O. The molecule has 2 atom stereocenters. The first-order valence-electron chi connectivity index (χ1n) is 13.8. The maximum Gasteiger partial charge on any atom is 0.329 e. The summed E-state index contributed by atoms with van der Waals surface area (Å²) in [6.07, 6.45) is 5.51. The molecule has 1 aliphatic heterocycles. The number of nitrogens with zero attached hydrogens (tertiary/aromatic N) is 2. The van der Waals surface area contributed by atoms with Crippen molar-refractivity contribution in [1.29, 1.82) is 0 Å². The molecular formula is C28H41N3O6S2Si. The molecule has 9 nitrogen and oxygen atoms in total. The maximum atomic E-state index is 13.6. The van der Waals surface area contributed by atoms with Gasteiger partial charge in [-0.1, -0.05) is 68.9 Å². The highest BCUT2D eigenvalue weighted by atomic mass is 32.2. The number of sulfonamides is 1. The van der Waals surface area contributed by atoms with Crippen molar-refractivity contribution in [2.24, 2.45) is 5.92 Å². The monoisotopic (exact) mass is 607 g/mol. The molecule has 1 saturated carbocycles. The molecule has 0 spiro atoms. The van der Waals surface area contributed by atoms with Gasteiger partial charge in [0, 0.05) is 20.7 Å². The van der Waals surface area contributed by atoms with Crippen LogP contribution >= 0.6 is 0 Å². The molecule has 0 bridgehead atoms. The zero-order chi connectivity index (χ0) is 29.1. The van der Waals surface area contributed by atoms with E-state index in [4.69, 9.17) is 4.74 Å². The van der Waals surface area contributed by atoms with Gasteiger partial charge in [0.1, 0.15) is 18.9 Å². The van der Waals surface area contributed by atoms with Crippen molar-refractivity contribution in [3.05, 3.63) is 59.7 Å². The molecule has 1 amide bonds. The summed E-state index contributed by atoms with van der Waals surface area (Å²) >= 11 is 0. The van der Waals surface area contributed by atoms with Crippen LogP contribution in [0.5, 0.6) is 5.75 Å². The predicted octanol–water partition coefficient (Wildman–Crippen LogP) is 4.15. The van der Waals surface area contributed by atoms with Crippen molar-refractivity contribution in [1.82, 2.24) is 9.03 Å². The highest BCUT2D eigenvalue weighted by molar-refractivity contribution is 7.91. The van der Waals surface area contributed by atoms with Crippen molar-refractivity contribution >= 4 is 39.9 Å². The average molecular weight is 608 g/mol. The van der Waals surface area contributed by atoms with Gasteiger partial charge >= 0.3 is 10.2 Å². The summed E-state index contributed by atoms with van der Waals surface area (Å²) in [6.45, 7) is 6.60. The van der Waals surface area contributed by atoms with Crippen LogP contribution < -0.4 is 13.8 Å². The van der Waals surface area contributed by atoms with Crippen LogP contribution in [0.3, 0.4) is 0 Å². The van der Waals surface area contributed by atoms with E-state index in [2.05, 4.69) is 24.4 Å². The molecule has 1 heterocycles. The number of carbonyl (C=O) groups is 1. The van der Waals surface area contributed by atoms with Gasteiger partial charge in [-0.2, -0.15) is 8.42 Å². The van der Waals surface area contributed by atoms with Gasteiger partial charge in [-0.05, 0) is 54.5 Å². The second-order valence-electron chi connectivity index (χ2n) is 12.1. The molecule has 1 N–H and O–H groups in total. The number of carbonyl (C=O) groups excluding carboxylic acids is 1. The Kier molecular flexibility index (Phi) is 9.33. The first kappa shape index (κ1) is 30.5. The average Bonchev–Trinajstić information content (AvgIpc) is 3.09. The fourth-order valence-electron chi connectivity index (χ4n) is 5.34. The van der Waals surface area contributed by atoms with Crippen molar-refractivity contribution in [3.63, 3.8) is 0 Å². The van der Waals surface area contributed by atoms with Gasteiger partial charge < -0.3 is 4.74 Å². The van der Waals surface area contributed by atoms with Crippen LogP contribution in [0.15, 0.2) is 48.5 Å². The van der Waals surface area contributed by atoms with E-state index < -0.39 is 34.2 Å². The van der Waals surface area contributed by atoms with Crippen LogP contribution in [0.2, 0.25) is 25.7 Å². The minimum Gasteiger partial charge on any atom is -0.487 e. The van der Waals surface area contributed by atoms with Gasteiger partial charge in [-0.15, -0.1) is 0 Å². The second kappa shape index (κ2) is 12.2. The highest BCUT2D eigenvalue weighted by Gasteiger charge is 2.44. The molecule has 4 rings (SSSR count). The molecule has 40 heavy (non-hydrogen) atoms. The Hall–Kier alpha value is -2.41. The van der Waals surface area contributed by atoms with E-state index in [1.807, 2.05) is 42.5 Å². The Morgan fingerprint density at radius 2 is 1.73 bits per heavy atom. The minimum absolute atomic E-state index is 0.116. The van der Waals surface area contributed by atoms with E-state index in [1.165, 1.54) is 6.26 Å². The normalized spacial score (nSPS) is 21.6. The first-order chi connectivity index (χ1) is 18.7. The lowest BCUT2D eigenvalue weighted by Gasteiger charge is -2.32. The lowest BCUT2D eigenvalue weighted by Crippen LogP contribution is -2.42. The van der Waals surface area contributed by atoms with E-state index in [0.717, 1.165) is 45.4 Å². The summed E-state index contributed by atoms with van der Waals surface area (Å²) < 4.78 is 62.2. The fourth-order valence-corrected chi connectivity index (χ4v) is 8.81. The van der Waals surface area contributed by atoms with Gasteiger partial charge in [0.05, 0.1) is 11.9 Å². The van der Waals surface area contributed by atoms with Crippen LogP contribution in [0, 0.1) is 5.92 Å². The Morgan fingerprint density at radius 3 is 2.40 bits per heavy atom. The van der Waals surface area contributed by atoms with E-state index in [1.54, 1.807) is 6.07 Å². The number of benzene rings is 2. The molecule has 12 heteroatoms.